The van der Waals surface area contributed by atoms with Gasteiger partial charge in [0.25, 0.3) is 0 Å². The lowest BCUT2D eigenvalue weighted by Gasteiger charge is -2.35. The number of carbonyl (C=O) groups excluding carboxylic acids is 3. The number of imidazole rings is 2. The predicted molar refractivity (Wildman–Crippen MR) is 213 cm³/mol. The number of hydrogen-bond acceptors (Lipinski definition) is 9. The molecule has 4 N–H and O–H groups in total. The number of alkyl carbamates (subject to hydrolysis) is 1. The number of likely N-dealkylation sites (N-methyl/N-ethyl adjacent to an activating group) is 1. The quantitative estimate of drug-likeness (QED) is 0.132. The molecule has 0 unspecified atom stereocenters. The number of ether oxygens (including phenoxy) is 1. The molecule has 5 heterocycles. The first kappa shape index (κ1) is 37.5. The van der Waals surface area contributed by atoms with Crippen molar-refractivity contribution in [3.05, 3.63) is 60.4 Å². The van der Waals surface area contributed by atoms with Crippen LogP contribution in [0.3, 0.4) is 0 Å². The normalized spacial score (nSPS) is 24.2. The Morgan fingerprint density at radius 1 is 0.810 bits per heavy atom. The number of nitrogens with one attached hydrogen (secondary N) is 3. The van der Waals surface area contributed by atoms with Crippen molar-refractivity contribution in [3.63, 3.8) is 0 Å². The highest BCUT2D eigenvalue weighted by Crippen LogP contribution is 2.54. The number of hydrogen-bond donors (Lipinski definition) is 4. The number of carboxylic acid groups (broad SMARTS) is 1. The van der Waals surface area contributed by atoms with Crippen LogP contribution in [0.2, 0.25) is 0 Å². The van der Waals surface area contributed by atoms with E-state index in [-0.39, 0.29) is 47.8 Å². The third-order valence-corrected chi connectivity index (χ3v) is 12.6. The molecule has 3 aromatic heterocycles. The van der Waals surface area contributed by atoms with Crippen LogP contribution >= 0.6 is 0 Å². The van der Waals surface area contributed by atoms with Gasteiger partial charge in [0.05, 0.1) is 47.5 Å². The summed E-state index contributed by atoms with van der Waals surface area (Å²) in [6, 6.07) is 10.3. The van der Waals surface area contributed by atoms with Crippen molar-refractivity contribution in [3.8, 4) is 22.5 Å². The molecule has 2 aromatic carbocycles. The Hall–Kier alpha value is -6.06. The summed E-state index contributed by atoms with van der Waals surface area (Å²) in [7, 11) is 2.75. The van der Waals surface area contributed by atoms with Crippen molar-refractivity contribution in [2.45, 2.75) is 89.6 Å². The Kier molecular flexibility index (Phi) is 9.12. The molecule has 16 nitrogen and oxygen atoms in total. The number of piperidine rings is 2. The highest BCUT2D eigenvalue weighted by molar-refractivity contribution is 5.89. The molecule has 2 aliphatic heterocycles. The molecular weight excluding hydrogens is 741 g/mol. The van der Waals surface area contributed by atoms with Gasteiger partial charge in [-0.1, -0.05) is 39.8 Å². The molecule has 302 valence electrons. The number of fused-ring (bicyclic) bond motifs is 4. The minimum Gasteiger partial charge on any atom is -0.465 e. The van der Waals surface area contributed by atoms with Gasteiger partial charge in [-0.25, -0.2) is 24.5 Å². The average Bonchev–Trinajstić information content (AvgIpc) is 3.83. The number of aromatic nitrogens is 6. The summed E-state index contributed by atoms with van der Waals surface area (Å²) in [6.07, 6.45) is 5.21. The third kappa shape index (κ3) is 6.47. The Morgan fingerprint density at radius 2 is 1.47 bits per heavy atom. The van der Waals surface area contributed by atoms with E-state index in [2.05, 4.69) is 15.3 Å². The van der Waals surface area contributed by atoms with Crippen LogP contribution in [0.1, 0.15) is 77.1 Å². The first-order valence-electron chi connectivity index (χ1n) is 20.1. The molecule has 4 fully saturated rings. The molecule has 16 heteroatoms. The van der Waals surface area contributed by atoms with Gasteiger partial charge in [0.15, 0.2) is 0 Å². The number of likely N-dealkylation sites (tertiary alicyclic amines) is 2. The van der Waals surface area contributed by atoms with Crippen molar-refractivity contribution in [2.24, 2.45) is 23.7 Å². The fraction of sp³-hybridized carbons (Fsp3) is 0.476. The maximum Gasteiger partial charge on any atom is 0.407 e. The predicted octanol–water partition coefficient (Wildman–Crippen LogP) is 5.90. The lowest BCUT2D eigenvalue weighted by Crippen LogP contribution is -2.52. The molecule has 2 aliphatic carbocycles. The van der Waals surface area contributed by atoms with E-state index >= 15 is 0 Å². The molecule has 0 radical (unpaired) electrons. The van der Waals surface area contributed by atoms with Gasteiger partial charge in [-0.15, -0.1) is 0 Å². The topological polar surface area (TPSA) is 203 Å². The fourth-order valence-corrected chi connectivity index (χ4v) is 9.38. The molecule has 4 amide bonds. The molecule has 8 atom stereocenters. The number of amides is 4. The zero-order chi connectivity index (χ0) is 40.7. The van der Waals surface area contributed by atoms with Gasteiger partial charge in [-0.2, -0.15) is 0 Å². The third-order valence-electron chi connectivity index (χ3n) is 12.6. The van der Waals surface area contributed by atoms with Crippen LogP contribution in [-0.4, -0.2) is 112 Å². The van der Waals surface area contributed by atoms with Crippen molar-refractivity contribution >= 4 is 46.1 Å². The molecule has 0 spiro atoms. The number of carbonyl (C=O) groups is 4. The summed E-state index contributed by atoms with van der Waals surface area (Å²) >= 11 is 0. The lowest BCUT2D eigenvalue weighted by atomic mass is 10.0. The van der Waals surface area contributed by atoms with Crippen LogP contribution in [0.5, 0.6) is 0 Å². The summed E-state index contributed by atoms with van der Waals surface area (Å²) in [5.74, 6) is 1.60. The average molecular weight is 789 g/mol. The molecule has 2 saturated carbocycles. The second kappa shape index (κ2) is 14.1. The van der Waals surface area contributed by atoms with E-state index in [1.165, 1.54) is 14.2 Å². The largest absolute Gasteiger partial charge is 0.465 e. The second-order valence-electron chi connectivity index (χ2n) is 17.0. The number of rotatable bonds is 10. The highest BCUT2D eigenvalue weighted by atomic mass is 16.5. The molecular formula is C42H48N10O6. The fourth-order valence-electron chi connectivity index (χ4n) is 9.38. The van der Waals surface area contributed by atoms with Crippen LogP contribution in [0, 0.1) is 23.7 Å². The van der Waals surface area contributed by atoms with Crippen molar-refractivity contribution in [1.29, 1.82) is 0 Å². The number of aromatic amines is 2. The van der Waals surface area contributed by atoms with E-state index in [1.807, 2.05) is 73.9 Å². The summed E-state index contributed by atoms with van der Waals surface area (Å²) < 4.78 is 4.80. The van der Waals surface area contributed by atoms with E-state index in [1.54, 1.807) is 12.4 Å². The summed E-state index contributed by atoms with van der Waals surface area (Å²) in [6.45, 7) is 7.56. The van der Waals surface area contributed by atoms with Crippen LogP contribution in [0.15, 0.2) is 48.8 Å². The molecule has 5 aromatic rings. The first-order chi connectivity index (χ1) is 27.8. The van der Waals surface area contributed by atoms with Gasteiger partial charge in [0.2, 0.25) is 11.8 Å². The van der Waals surface area contributed by atoms with E-state index in [9.17, 15) is 24.3 Å². The van der Waals surface area contributed by atoms with Gasteiger partial charge < -0.3 is 34.9 Å². The van der Waals surface area contributed by atoms with Crippen molar-refractivity contribution < 1.29 is 29.0 Å². The summed E-state index contributed by atoms with van der Waals surface area (Å²) in [4.78, 5) is 82.8. The lowest BCUT2D eigenvalue weighted by molar-refractivity contribution is -0.140. The molecule has 9 rings (SSSR count). The molecule has 2 saturated heterocycles. The zero-order valence-corrected chi connectivity index (χ0v) is 33.3. The maximum atomic E-state index is 13.9. The number of nitrogens with zero attached hydrogens (tertiary/aromatic N) is 7. The number of H-pyrrole nitrogens is 2. The SMILES string of the molecule is COC(=O)N[C@H](C(=O)N1[C@@H]2C[C@H]2C[C@H]1c1nc2cc(-c3ccc4nc(-c5c[nH]c([C@@H]6C[C@H]7C[C@H]7N6C(=O)[C@H](C(C)C)N(C)C(=O)O)n5)cnc4c3)ccc2[nH]1)C(C)C. The van der Waals surface area contributed by atoms with Crippen molar-refractivity contribution in [2.75, 3.05) is 14.2 Å². The van der Waals surface area contributed by atoms with Gasteiger partial charge in [-0.05, 0) is 84.7 Å². The van der Waals surface area contributed by atoms with E-state index in [0.29, 0.717) is 40.1 Å². The monoisotopic (exact) mass is 788 g/mol. The maximum absolute atomic E-state index is 13.9. The van der Waals surface area contributed by atoms with Crippen LogP contribution in [0.25, 0.3) is 44.6 Å². The van der Waals surface area contributed by atoms with E-state index < -0.39 is 24.3 Å². The molecule has 4 aliphatic rings. The van der Waals surface area contributed by atoms with Crippen LogP contribution < -0.4 is 5.32 Å². The summed E-state index contributed by atoms with van der Waals surface area (Å²) in [5.41, 5.74) is 6.21. The first-order valence-corrected chi connectivity index (χ1v) is 20.1. The second-order valence-corrected chi connectivity index (χ2v) is 17.0. The molecule has 0 bridgehead atoms. The van der Waals surface area contributed by atoms with Crippen molar-refractivity contribution in [1.82, 2.24) is 49.9 Å². The Balaban J connectivity index is 0.928. The minimum atomic E-state index is -1.13. The Morgan fingerprint density at radius 3 is 2.12 bits per heavy atom. The Labute approximate surface area is 334 Å². The number of methoxy groups -OCH3 is 1. The van der Waals surface area contributed by atoms with E-state index in [0.717, 1.165) is 58.6 Å². The Bertz CT molecular complexity index is 2460. The zero-order valence-electron chi connectivity index (χ0n) is 33.3. The van der Waals surface area contributed by atoms with Gasteiger partial charge >= 0.3 is 12.2 Å². The van der Waals surface area contributed by atoms with Gasteiger partial charge in [0.1, 0.15) is 35.1 Å². The standard InChI is InChI=1S/C42H48N10O6/c1-19(2)35(49-41(55)58-6)39(53)51-31-13-24(31)16-34(51)38-46-26-10-8-22(12-28(26)47-38)21-7-9-25-27(11-21)43-17-29(45-25)30-18-44-37(48-30)33-15-23-14-32(23)52(33)40(54)36(20(3)4)50(5)42(56)57/h7-12,17-20,23-24,31-36H,13-16H2,1-6H3,(H,44,48)(H,46,47)(H,49,55)(H,56,57)/t23-,24+,31-,32-,33+,34+,35+,36+/m1/s1. The number of benzene rings is 2. The van der Waals surface area contributed by atoms with E-state index in [4.69, 9.17) is 24.7 Å². The van der Waals surface area contributed by atoms with Gasteiger partial charge in [-0.3, -0.25) is 19.5 Å². The van der Waals surface area contributed by atoms with Crippen LogP contribution in [-0.2, 0) is 14.3 Å². The smallest absolute Gasteiger partial charge is 0.407 e. The summed E-state index contributed by atoms with van der Waals surface area (Å²) in [5, 5.41) is 12.4. The minimum absolute atomic E-state index is 0.0969. The van der Waals surface area contributed by atoms with Gasteiger partial charge in [0, 0.05) is 25.3 Å². The molecule has 58 heavy (non-hydrogen) atoms. The highest BCUT2D eigenvalue weighted by Gasteiger charge is 2.57. The van der Waals surface area contributed by atoms with Crippen LogP contribution in [0.4, 0.5) is 9.59 Å².